The van der Waals surface area contributed by atoms with Crippen LogP contribution in [0.1, 0.15) is 29.5 Å². The second-order valence-electron chi connectivity index (χ2n) is 4.94. The third-order valence-corrected chi connectivity index (χ3v) is 4.09. The van der Waals surface area contributed by atoms with Crippen molar-refractivity contribution in [1.29, 1.82) is 0 Å². The number of nitrogens with zero attached hydrogens (tertiary/aromatic N) is 1. The monoisotopic (exact) mass is 224 g/mol. The molecule has 0 spiro atoms. The predicted octanol–water partition coefficient (Wildman–Crippen LogP) is 2.14. The maximum atomic E-state index is 10.7. The topological polar surface area (TPSA) is 42.0 Å². The molecule has 0 radical (unpaired) electrons. The number of carbonyl (C=O) groups excluding carboxylic acids is 1. The number of benzene rings is 1. The van der Waals surface area contributed by atoms with E-state index in [0.717, 1.165) is 6.41 Å². The van der Waals surface area contributed by atoms with Crippen molar-refractivity contribution in [3.8, 4) is 0 Å². The Labute approximate surface area is 98.9 Å². The standard InChI is InChI=1S/C14H12N2O/c17-7-16-14-11-4-10(11)9-3-1-2-8-5-15-6-12(14)13(8)9/h1-3,5-7,10-11,14H,4H2,(H,16,17). The van der Waals surface area contributed by atoms with Crippen LogP contribution < -0.4 is 5.32 Å². The van der Waals surface area contributed by atoms with Gasteiger partial charge in [-0.2, -0.15) is 0 Å². The number of carbonyl (C=O) groups is 1. The van der Waals surface area contributed by atoms with E-state index in [0.29, 0.717) is 11.8 Å². The van der Waals surface area contributed by atoms with Crippen LogP contribution >= 0.6 is 0 Å². The van der Waals surface area contributed by atoms with Crippen LogP contribution in [-0.4, -0.2) is 11.4 Å². The molecule has 1 aromatic carbocycles. The van der Waals surface area contributed by atoms with Crippen molar-refractivity contribution < 1.29 is 4.79 Å². The normalized spacial score (nSPS) is 28.6. The molecular weight excluding hydrogens is 212 g/mol. The molecule has 3 unspecified atom stereocenters. The SMILES string of the molecule is O=CNC1c2cncc3cccc(c23)C2CC21. The van der Waals surface area contributed by atoms with Crippen molar-refractivity contribution in [2.24, 2.45) is 5.92 Å². The summed E-state index contributed by atoms with van der Waals surface area (Å²) in [6.45, 7) is 0. The first-order valence-corrected chi connectivity index (χ1v) is 5.96. The second-order valence-corrected chi connectivity index (χ2v) is 4.94. The number of hydrogen-bond acceptors (Lipinski definition) is 2. The van der Waals surface area contributed by atoms with Crippen LogP contribution in [0.25, 0.3) is 10.8 Å². The number of pyridine rings is 1. The van der Waals surface area contributed by atoms with Gasteiger partial charge in [-0.25, -0.2) is 0 Å². The maximum Gasteiger partial charge on any atom is 0.207 e. The molecule has 2 aliphatic carbocycles. The van der Waals surface area contributed by atoms with E-state index in [2.05, 4.69) is 28.5 Å². The van der Waals surface area contributed by atoms with Gasteiger partial charge in [0.2, 0.25) is 6.41 Å². The summed E-state index contributed by atoms with van der Waals surface area (Å²) >= 11 is 0. The zero-order chi connectivity index (χ0) is 11.4. The Kier molecular flexibility index (Phi) is 1.65. The first kappa shape index (κ1) is 9.16. The number of nitrogens with one attached hydrogen (secondary N) is 1. The molecule has 1 heterocycles. The molecule has 1 aromatic heterocycles. The van der Waals surface area contributed by atoms with E-state index in [-0.39, 0.29) is 6.04 Å². The minimum Gasteiger partial charge on any atom is -0.351 e. The molecule has 1 N–H and O–H groups in total. The Hall–Kier alpha value is -1.90. The van der Waals surface area contributed by atoms with Gasteiger partial charge in [-0.1, -0.05) is 18.2 Å². The van der Waals surface area contributed by atoms with Crippen LogP contribution in [0, 0.1) is 5.92 Å². The zero-order valence-corrected chi connectivity index (χ0v) is 9.26. The molecule has 0 aliphatic heterocycles. The quantitative estimate of drug-likeness (QED) is 0.794. The van der Waals surface area contributed by atoms with Crippen molar-refractivity contribution in [3.63, 3.8) is 0 Å². The minimum atomic E-state index is 0.156. The molecular formula is C14H12N2O. The van der Waals surface area contributed by atoms with Crippen molar-refractivity contribution in [2.45, 2.75) is 18.4 Å². The summed E-state index contributed by atoms with van der Waals surface area (Å²) in [6.07, 6.45) is 5.80. The molecule has 3 heteroatoms. The van der Waals surface area contributed by atoms with Gasteiger partial charge in [0, 0.05) is 23.3 Å². The highest BCUT2D eigenvalue weighted by atomic mass is 16.1. The molecule has 3 atom stereocenters. The van der Waals surface area contributed by atoms with E-state index < -0.39 is 0 Å². The van der Waals surface area contributed by atoms with Gasteiger partial charge in [0.25, 0.3) is 0 Å². The molecule has 1 saturated carbocycles. The van der Waals surface area contributed by atoms with E-state index in [4.69, 9.17) is 0 Å². The van der Waals surface area contributed by atoms with Gasteiger partial charge < -0.3 is 5.32 Å². The zero-order valence-electron chi connectivity index (χ0n) is 9.26. The Morgan fingerprint density at radius 1 is 1.29 bits per heavy atom. The van der Waals surface area contributed by atoms with Crippen molar-refractivity contribution in [1.82, 2.24) is 10.3 Å². The van der Waals surface area contributed by atoms with Crippen LogP contribution in [0.15, 0.2) is 30.6 Å². The lowest BCUT2D eigenvalue weighted by molar-refractivity contribution is -0.110. The maximum absolute atomic E-state index is 10.7. The Bertz CT molecular complexity index is 617. The number of rotatable bonds is 2. The molecule has 84 valence electrons. The Morgan fingerprint density at radius 3 is 3.12 bits per heavy atom. The summed E-state index contributed by atoms with van der Waals surface area (Å²) in [4.78, 5) is 15.0. The summed E-state index contributed by atoms with van der Waals surface area (Å²) in [5, 5.41) is 5.45. The Balaban J connectivity index is 2.04. The van der Waals surface area contributed by atoms with Gasteiger partial charge >= 0.3 is 0 Å². The van der Waals surface area contributed by atoms with E-state index in [9.17, 15) is 4.79 Å². The Morgan fingerprint density at radius 2 is 2.24 bits per heavy atom. The fourth-order valence-electron chi connectivity index (χ4n) is 3.29. The van der Waals surface area contributed by atoms with Crippen LogP contribution in [0.2, 0.25) is 0 Å². The summed E-state index contributed by atoms with van der Waals surface area (Å²) in [6, 6.07) is 6.57. The minimum absolute atomic E-state index is 0.156. The highest BCUT2D eigenvalue weighted by molar-refractivity contribution is 5.90. The van der Waals surface area contributed by atoms with E-state index in [1.165, 1.54) is 28.3 Å². The summed E-state index contributed by atoms with van der Waals surface area (Å²) in [7, 11) is 0. The van der Waals surface area contributed by atoms with Crippen molar-refractivity contribution in [2.75, 3.05) is 0 Å². The van der Waals surface area contributed by atoms with Gasteiger partial charge in [-0.15, -0.1) is 0 Å². The fourth-order valence-corrected chi connectivity index (χ4v) is 3.29. The lowest BCUT2D eigenvalue weighted by atomic mass is 9.87. The number of hydrogen-bond donors (Lipinski definition) is 1. The molecule has 1 fully saturated rings. The smallest absolute Gasteiger partial charge is 0.207 e. The third kappa shape index (κ3) is 1.11. The van der Waals surface area contributed by atoms with Crippen LogP contribution in [0.3, 0.4) is 0 Å². The third-order valence-electron chi connectivity index (χ3n) is 4.09. The summed E-state index contributed by atoms with van der Waals surface area (Å²) in [5.41, 5.74) is 2.62. The van der Waals surface area contributed by atoms with Gasteiger partial charge in [0.1, 0.15) is 0 Å². The molecule has 3 nitrogen and oxygen atoms in total. The van der Waals surface area contributed by atoms with Crippen LogP contribution in [0.4, 0.5) is 0 Å². The average molecular weight is 224 g/mol. The number of aromatic nitrogens is 1. The first-order chi connectivity index (χ1) is 8.40. The van der Waals surface area contributed by atoms with Gasteiger partial charge in [0.05, 0.1) is 6.04 Å². The van der Waals surface area contributed by atoms with Crippen molar-refractivity contribution >= 4 is 17.2 Å². The van der Waals surface area contributed by atoms with Gasteiger partial charge in [-0.3, -0.25) is 9.78 Å². The molecule has 4 rings (SSSR count). The summed E-state index contributed by atoms with van der Waals surface area (Å²) in [5.74, 6) is 1.20. The lowest BCUT2D eigenvalue weighted by Crippen LogP contribution is -2.24. The van der Waals surface area contributed by atoms with E-state index in [1.54, 1.807) is 0 Å². The molecule has 1 amide bonds. The highest BCUT2D eigenvalue weighted by Gasteiger charge is 2.48. The predicted molar refractivity (Wildman–Crippen MR) is 64.5 cm³/mol. The molecule has 0 saturated heterocycles. The molecule has 0 bridgehead atoms. The average Bonchev–Trinajstić information content (AvgIpc) is 3.15. The van der Waals surface area contributed by atoms with Gasteiger partial charge in [0.15, 0.2) is 0 Å². The van der Waals surface area contributed by atoms with E-state index in [1.807, 2.05) is 12.4 Å². The van der Waals surface area contributed by atoms with Crippen LogP contribution in [-0.2, 0) is 4.79 Å². The van der Waals surface area contributed by atoms with E-state index >= 15 is 0 Å². The highest BCUT2D eigenvalue weighted by Crippen LogP contribution is 2.59. The van der Waals surface area contributed by atoms with Crippen LogP contribution in [0.5, 0.6) is 0 Å². The lowest BCUT2D eigenvalue weighted by Gasteiger charge is -2.24. The second kappa shape index (κ2) is 3.06. The molecule has 2 aromatic rings. The summed E-state index contributed by atoms with van der Waals surface area (Å²) < 4.78 is 0. The van der Waals surface area contributed by atoms with Gasteiger partial charge in [-0.05, 0) is 29.2 Å². The van der Waals surface area contributed by atoms with Crippen molar-refractivity contribution in [3.05, 3.63) is 41.7 Å². The fraction of sp³-hybridized carbons (Fsp3) is 0.286. The molecule has 2 aliphatic rings. The number of amides is 1. The first-order valence-electron chi connectivity index (χ1n) is 5.96. The number of fused-ring (bicyclic) bond motifs is 2. The molecule has 17 heavy (non-hydrogen) atoms. The largest absolute Gasteiger partial charge is 0.351 e.